The number of rotatable bonds is 5. The monoisotopic (exact) mass is 446 g/mol. The molecule has 0 heterocycles. The van der Waals surface area contributed by atoms with Gasteiger partial charge in [-0.15, -0.1) is 0 Å². The van der Waals surface area contributed by atoms with Gasteiger partial charge in [-0.25, -0.2) is 14.6 Å². The van der Waals surface area contributed by atoms with E-state index in [1.807, 2.05) is 24.3 Å². The molecule has 158 valence electrons. The highest BCUT2D eigenvalue weighted by molar-refractivity contribution is 6.33. The number of ether oxygens (including phenoxy) is 1. The van der Waals surface area contributed by atoms with E-state index in [0.717, 1.165) is 10.8 Å². The van der Waals surface area contributed by atoms with Gasteiger partial charge in [0.25, 0.3) is 5.91 Å². The summed E-state index contributed by atoms with van der Waals surface area (Å²) in [5.74, 6) is -1.75. The van der Waals surface area contributed by atoms with Crippen LogP contribution in [0.3, 0.4) is 0 Å². The number of hydrogen-bond donors (Lipinski definition) is 1. The number of fused-ring (bicyclic) bond motifs is 1. The molecule has 0 aliphatic rings. The van der Waals surface area contributed by atoms with Crippen molar-refractivity contribution in [2.45, 2.75) is 0 Å². The van der Waals surface area contributed by atoms with Gasteiger partial charge in [-0.3, -0.25) is 4.79 Å². The van der Waals surface area contributed by atoms with E-state index >= 15 is 0 Å². The minimum absolute atomic E-state index is 0.132. The molecule has 1 N–H and O–H groups in total. The third-order valence-corrected chi connectivity index (χ3v) is 5.03. The summed E-state index contributed by atoms with van der Waals surface area (Å²) >= 11 is 6.10. The molecule has 0 unspecified atom stereocenters. The predicted molar refractivity (Wildman–Crippen MR) is 122 cm³/mol. The average molecular weight is 447 g/mol. The number of hydrogen-bond acceptors (Lipinski definition) is 4. The van der Waals surface area contributed by atoms with Crippen LogP contribution in [0.5, 0.6) is 5.75 Å². The van der Waals surface area contributed by atoms with Crippen LogP contribution in [0.1, 0.15) is 26.3 Å². The van der Waals surface area contributed by atoms with Crippen molar-refractivity contribution >= 4 is 40.5 Å². The van der Waals surface area contributed by atoms with Crippen LogP contribution in [0.25, 0.3) is 10.8 Å². The van der Waals surface area contributed by atoms with Crippen molar-refractivity contribution in [1.29, 1.82) is 0 Å². The van der Waals surface area contributed by atoms with Crippen molar-refractivity contribution in [1.82, 2.24) is 5.43 Å². The van der Waals surface area contributed by atoms with Crippen molar-refractivity contribution in [2.24, 2.45) is 5.10 Å². The Labute approximate surface area is 188 Å². The summed E-state index contributed by atoms with van der Waals surface area (Å²) in [6.45, 7) is 0. The summed E-state index contributed by atoms with van der Waals surface area (Å²) < 4.78 is 19.4. The fourth-order valence-corrected chi connectivity index (χ4v) is 3.35. The first-order valence-corrected chi connectivity index (χ1v) is 9.99. The van der Waals surface area contributed by atoms with Crippen molar-refractivity contribution < 1.29 is 18.7 Å². The van der Waals surface area contributed by atoms with E-state index in [9.17, 15) is 14.0 Å². The summed E-state index contributed by atoms with van der Waals surface area (Å²) in [4.78, 5) is 24.9. The molecule has 5 nitrogen and oxygen atoms in total. The lowest BCUT2D eigenvalue weighted by atomic mass is 10.0. The van der Waals surface area contributed by atoms with E-state index in [1.165, 1.54) is 24.4 Å². The fourth-order valence-electron chi connectivity index (χ4n) is 3.14. The van der Waals surface area contributed by atoms with Gasteiger partial charge in [0.1, 0.15) is 11.6 Å². The van der Waals surface area contributed by atoms with Crippen LogP contribution in [0, 0.1) is 5.82 Å². The number of amides is 1. The Hall–Kier alpha value is -4.03. The number of nitrogens with zero attached hydrogens (tertiary/aromatic N) is 1. The maximum Gasteiger partial charge on any atom is 0.345 e. The zero-order valence-electron chi connectivity index (χ0n) is 16.6. The largest absolute Gasteiger partial charge is 0.422 e. The topological polar surface area (TPSA) is 67.8 Å². The van der Waals surface area contributed by atoms with Gasteiger partial charge in [0.05, 0.1) is 22.4 Å². The van der Waals surface area contributed by atoms with Gasteiger partial charge in [0.15, 0.2) is 0 Å². The number of halogens is 2. The van der Waals surface area contributed by atoms with Crippen molar-refractivity contribution in [3.05, 3.63) is 112 Å². The minimum atomic E-state index is -0.700. The highest BCUT2D eigenvalue weighted by Gasteiger charge is 2.16. The quantitative estimate of drug-likeness (QED) is 0.187. The second-order valence-corrected chi connectivity index (χ2v) is 7.15. The van der Waals surface area contributed by atoms with Crippen molar-refractivity contribution in [3.8, 4) is 5.75 Å². The maximum absolute atomic E-state index is 13.8. The zero-order chi connectivity index (χ0) is 22.5. The van der Waals surface area contributed by atoms with Gasteiger partial charge >= 0.3 is 5.97 Å². The number of carbonyl (C=O) groups excluding carboxylic acids is 2. The van der Waals surface area contributed by atoms with Crippen LogP contribution in [0.4, 0.5) is 4.39 Å². The molecule has 0 aliphatic carbocycles. The molecule has 4 aromatic carbocycles. The van der Waals surface area contributed by atoms with E-state index in [-0.39, 0.29) is 21.9 Å². The minimum Gasteiger partial charge on any atom is -0.422 e. The Morgan fingerprint density at radius 1 is 0.875 bits per heavy atom. The first-order chi connectivity index (χ1) is 15.5. The molecule has 0 bridgehead atoms. The van der Waals surface area contributed by atoms with Crippen molar-refractivity contribution in [2.75, 3.05) is 0 Å². The number of hydrazone groups is 1. The number of esters is 1. The molecular formula is C25H16ClFN2O3. The molecule has 4 rings (SSSR count). The first-order valence-electron chi connectivity index (χ1n) is 9.61. The molecule has 0 atom stereocenters. The third kappa shape index (κ3) is 4.50. The van der Waals surface area contributed by atoms with Crippen LogP contribution >= 0.6 is 11.6 Å². The Balaban J connectivity index is 1.65. The van der Waals surface area contributed by atoms with Crippen LogP contribution in [0.2, 0.25) is 5.02 Å². The second-order valence-electron chi connectivity index (χ2n) is 6.75. The molecule has 4 aromatic rings. The van der Waals surface area contributed by atoms with Gasteiger partial charge in [-0.05, 0) is 41.1 Å². The van der Waals surface area contributed by atoms with Crippen LogP contribution in [-0.4, -0.2) is 18.1 Å². The highest BCUT2D eigenvalue weighted by Crippen LogP contribution is 2.28. The predicted octanol–water partition coefficient (Wildman–Crippen LogP) is 5.62. The highest BCUT2D eigenvalue weighted by atomic mass is 35.5. The molecule has 0 aromatic heterocycles. The Morgan fingerprint density at radius 2 is 1.56 bits per heavy atom. The van der Waals surface area contributed by atoms with E-state index in [4.69, 9.17) is 16.3 Å². The SMILES string of the molecule is O=C(NN=Cc1c(OC(=O)c2ccccc2Cl)ccc2ccccc12)c1ccccc1F. The van der Waals surface area contributed by atoms with E-state index < -0.39 is 17.7 Å². The molecule has 0 radical (unpaired) electrons. The maximum atomic E-state index is 13.8. The van der Waals surface area contributed by atoms with E-state index in [2.05, 4.69) is 10.5 Å². The molecule has 0 saturated carbocycles. The molecule has 1 amide bonds. The summed E-state index contributed by atoms with van der Waals surface area (Å²) in [6, 6.07) is 23.0. The summed E-state index contributed by atoms with van der Waals surface area (Å²) in [5.41, 5.74) is 2.86. The Bertz CT molecular complexity index is 1350. The molecule has 0 spiro atoms. The van der Waals surface area contributed by atoms with Gasteiger partial charge < -0.3 is 4.74 Å². The summed E-state index contributed by atoms with van der Waals surface area (Å²) in [7, 11) is 0. The lowest BCUT2D eigenvalue weighted by Crippen LogP contribution is -2.19. The number of nitrogens with one attached hydrogen (secondary N) is 1. The van der Waals surface area contributed by atoms with Gasteiger partial charge in [0, 0.05) is 5.56 Å². The smallest absolute Gasteiger partial charge is 0.345 e. The molecule has 0 fully saturated rings. The van der Waals surface area contributed by atoms with Gasteiger partial charge in [0.2, 0.25) is 0 Å². The van der Waals surface area contributed by atoms with E-state index in [0.29, 0.717) is 5.56 Å². The number of carbonyl (C=O) groups is 2. The lowest BCUT2D eigenvalue weighted by Gasteiger charge is -2.11. The standard InChI is InChI=1S/C25H16ClFN2O3/c26-21-11-5-3-9-18(21)25(31)32-23-14-13-16-7-1-2-8-17(16)20(23)15-28-29-24(30)19-10-4-6-12-22(19)27/h1-15H,(H,29,30). The van der Waals surface area contributed by atoms with Crippen molar-refractivity contribution in [3.63, 3.8) is 0 Å². The molecule has 32 heavy (non-hydrogen) atoms. The summed E-state index contributed by atoms with van der Waals surface area (Å²) in [5, 5.41) is 5.86. The van der Waals surface area contributed by atoms with E-state index in [1.54, 1.807) is 42.5 Å². The molecular weight excluding hydrogens is 431 g/mol. The lowest BCUT2D eigenvalue weighted by molar-refractivity contribution is 0.0734. The van der Waals surface area contributed by atoms with Crippen LogP contribution < -0.4 is 10.2 Å². The first kappa shape index (κ1) is 21.2. The Kier molecular flexibility index (Phi) is 6.24. The number of benzene rings is 4. The Morgan fingerprint density at radius 3 is 2.34 bits per heavy atom. The fraction of sp³-hybridized carbons (Fsp3) is 0. The van der Waals surface area contributed by atoms with Gasteiger partial charge in [-0.2, -0.15) is 5.10 Å². The molecule has 0 saturated heterocycles. The summed E-state index contributed by atoms with van der Waals surface area (Å²) in [6.07, 6.45) is 1.36. The third-order valence-electron chi connectivity index (χ3n) is 4.71. The van der Waals surface area contributed by atoms with Gasteiger partial charge in [-0.1, -0.05) is 66.2 Å². The second kappa shape index (κ2) is 9.41. The molecule has 0 aliphatic heterocycles. The average Bonchev–Trinajstić information content (AvgIpc) is 2.80. The van der Waals surface area contributed by atoms with Crippen LogP contribution in [0.15, 0.2) is 90.0 Å². The van der Waals surface area contributed by atoms with Crippen LogP contribution in [-0.2, 0) is 0 Å². The zero-order valence-corrected chi connectivity index (χ0v) is 17.3. The normalized spacial score (nSPS) is 10.9. The molecule has 7 heteroatoms.